The first-order valence-electron chi connectivity index (χ1n) is 3.91. The first kappa shape index (κ1) is 9.17. The van der Waals surface area contributed by atoms with Crippen LogP contribution in [0.1, 0.15) is 0 Å². The molecule has 2 nitrogen and oxygen atoms in total. The number of halogens is 1. The summed E-state index contributed by atoms with van der Waals surface area (Å²) in [7, 11) is 10.1. The van der Waals surface area contributed by atoms with Crippen LogP contribution in [0.5, 0.6) is 0 Å². The summed E-state index contributed by atoms with van der Waals surface area (Å²) in [5, 5.41) is 0. The second-order valence-corrected chi connectivity index (χ2v) is 4.71. The van der Waals surface area contributed by atoms with Crippen molar-refractivity contribution in [1.29, 1.82) is 0 Å². The van der Waals surface area contributed by atoms with Gasteiger partial charge in [0, 0.05) is 0 Å². The van der Waals surface area contributed by atoms with E-state index in [9.17, 15) is 0 Å². The number of para-hydroxylation sites is 2. The van der Waals surface area contributed by atoms with Crippen molar-refractivity contribution in [3.05, 3.63) is 28.3 Å². The Balaban J connectivity index is 3.06. The minimum atomic E-state index is -0.0468. The normalized spacial score (nSPS) is 11.3. The van der Waals surface area contributed by atoms with Crippen molar-refractivity contribution in [1.82, 2.24) is 9.13 Å². The molecule has 0 unspecified atom stereocenters. The number of benzene rings is 1. The minimum absolute atomic E-state index is 0.0468. The summed E-state index contributed by atoms with van der Waals surface area (Å²) in [6.45, 7) is 0. The third-order valence-electron chi connectivity index (χ3n) is 2.18. The van der Waals surface area contributed by atoms with Crippen molar-refractivity contribution in [2.75, 3.05) is 0 Å². The van der Waals surface area contributed by atoms with E-state index in [1.54, 1.807) is 0 Å². The zero-order chi connectivity index (χ0) is 9.42. The molecule has 0 N–H and O–H groups in total. The van der Waals surface area contributed by atoms with Gasteiger partial charge in [0.05, 0.1) is 0 Å². The van der Waals surface area contributed by atoms with Crippen LogP contribution < -0.4 is 0 Å². The molecule has 0 radical (unpaired) electrons. The van der Waals surface area contributed by atoms with Crippen LogP contribution in [0.4, 0.5) is 0 Å². The number of hydrogen-bond acceptors (Lipinski definition) is 0. The quantitative estimate of drug-likeness (QED) is 0.657. The van der Waals surface area contributed by atoms with Crippen LogP contribution in [0.15, 0.2) is 24.3 Å². The zero-order valence-corrected chi connectivity index (χ0v) is 9.81. The zero-order valence-electron chi connectivity index (χ0n) is 7.42. The van der Waals surface area contributed by atoms with Gasteiger partial charge in [-0.1, -0.05) is 0 Å². The standard InChI is InChI=1S/C9H10N2.ClH.Rh/c1-10-7-11(2)9-6-4-3-5-8(9)10;;/h3-6H,1-2H3;1H;/q;;+1/p-1. The van der Waals surface area contributed by atoms with Crippen LogP contribution in [0.3, 0.4) is 0 Å². The predicted molar refractivity (Wildman–Crippen MR) is 51.0 cm³/mol. The molecular formula is C9H10ClN2Rh. The molecule has 13 heavy (non-hydrogen) atoms. The van der Waals surface area contributed by atoms with Crippen molar-refractivity contribution >= 4 is 20.7 Å². The third-order valence-corrected chi connectivity index (χ3v) is 4.23. The van der Waals surface area contributed by atoms with Gasteiger partial charge in [0.25, 0.3) is 0 Å². The molecular weight excluding hydrogens is 274 g/mol. The van der Waals surface area contributed by atoms with Gasteiger partial charge in [-0.15, -0.1) is 0 Å². The average Bonchev–Trinajstić information content (AvgIpc) is 2.41. The molecule has 0 saturated heterocycles. The molecule has 4 heteroatoms. The predicted octanol–water partition coefficient (Wildman–Crippen LogP) is 2.29. The summed E-state index contributed by atoms with van der Waals surface area (Å²) < 4.78 is 5.51. The van der Waals surface area contributed by atoms with E-state index in [-0.39, 0.29) is 15.7 Å². The van der Waals surface area contributed by atoms with E-state index < -0.39 is 0 Å². The first-order chi connectivity index (χ1) is 6.25. The van der Waals surface area contributed by atoms with Gasteiger partial charge in [0.2, 0.25) is 0 Å². The Hall–Kier alpha value is -0.397. The molecule has 1 aromatic carbocycles. The van der Waals surface area contributed by atoms with E-state index in [0.29, 0.717) is 0 Å². The van der Waals surface area contributed by atoms with Crippen LogP contribution in [0, 0.1) is 4.01 Å². The molecule has 0 aliphatic heterocycles. The molecule has 2 rings (SSSR count). The van der Waals surface area contributed by atoms with Crippen molar-refractivity contribution in [2.24, 2.45) is 14.1 Å². The van der Waals surface area contributed by atoms with Crippen molar-refractivity contribution in [2.45, 2.75) is 0 Å². The van der Waals surface area contributed by atoms with Crippen LogP contribution in [-0.4, -0.2) is 9.13 Å². The Morgan fingerprint density at radius 2 is 1.54 bits per heavy atom. The number of nitrogens with zero attached hydrogens (tertiary/aromatic N) is 2. The summed E-state index contributed by atoms with van der Waals surface area (Å²) >= 11 is -0.0468. The fourth-order valence-electron chi connectivity index (χ4n) is 1.53. The number of aryl methyl sites for hydroxylation is 2. The van der Waals surface area contributed by atoms with Crippen LogP contribution >= 0.6 is 9.69 Å². The fourth-order valence-corrected chi connectivity index (χ4v) is 3.34. The Labute approximate surface area is 87.9 Å². The molecule has 0 atom stereocenters. The molecule has 0 fully saturated rings. The fraction of sp³-hybridized carbons (Fsp3) is 0.222. The van der Waals surface area contributed by atoms with E-state index in [1.807, 2.05) is 12.1 Å². The van der Waals surface area contributed by atoms with Gasteiger partial charge >= 0.3 is 87.9 Å². The van der Waals surface area contributed by atoms with Crippen LogP contribution in [-0.2, 0) is 29.8 Å². The van der Waals surface area contributed by atoms with E-state index in [1.165, 1.54) is 15.0 Å². The number of imidazole rings is 1. The van der Waals surface area contributed by atoms with Gasteiger partial charge < -0.3 is 0 Å². The summed E-state index contributed by atoms with van der Waals surface area (Å²) in [4.78, 5) is 0. The van der Waals surface area contributed by atoms with Crippen molar-refractivity contribution in [3.8, 4) is 0 Å². The van der Waals surface area contributed by atoms with Gasteiger partial charge in [-0.3, -0.25) is 0 Å². The Bertz CT molecular complexity index is 468. The van der Waals surface area contributed by atoms with Gasteiger partial charge in [-0.05, 0) is 0 Å². The van der Waals surface area contributed by atoms with E-state index >= 15 is 0 Å². The SMILES string of the molecule is Cn1[c](=[Rh][Cl])n(C)c2ccccc21. The third kappa shape index (κ3) is 1.31. The van der Waals surface area contributed by atoms with Gasteiger partial charge in [-0.25, -0.2) is 0 Å². The summed E-state index contributed by atoms with van der Waals surface area (Å²) in [5.41, 5.74) is 2.48. The van der Waals surface area contributed by atoms with Crippen LogP contribution in [0.25, 0.3) is 11.0 Å². The summed E-state index contributed by atoms with van der Waals surface area (Å²) in [6.07, 6.45) is 0. The Kier molecular flexibility index (Phi) is 2.39. The van der Waals surface area contributed by atoms with E-state index in [4.69, 9.17) is 9.69 Å². The molecule has 0 bridgehead atoms. The number of aromatic nitrogens is 2. The number of hydrogen-bond donors (Lipinski definition) is 0. The van der Waals surface area contributed by atoms with Gasteiger partial charge in [-0.2, -0.15) is 0 Å². The first-order valence-corrected chi connectivity index (χ1v) is 6.84. The molecule has 2 aromatic rings. The molecule has 0 spiro atoms. The molecule has 0 aliphatic carbocycles. The van der Waals surface area contributed by atoms with Crippen LogP contribution in [0.2, 0.25) is 0 Å². The van der Waals surface area contributed by atoms with Crippen molar-refractivity contribution in [3.63, 3.8) is 0 Å². The van der Waals surface area contributed by atoms with E-state index in [2.05, 4.69) is 35.4 Å². The number of fused-ring (bicyclic) bond motifs is 1. The van der Waals surface area contributed by atoms with Gasteiger partial charge in [0.15, 0.2) is 0 Å². The summed E-state index contributed by atoms with van der Waals surface area (Å²) in [6, 6.07) is 8.33. The maximum absolute atomic E-state index is 5.94. The van der Waals surface area contributed by atoms with E-state index in [0.717, 1.165) is 0 Å². The molecule has 72 valence electrons. The van der Waals surface area contributed by atoms with Crippen molar-refractivity contribution < 1.29 is 15.7 Å². The number of rotatable bonds is 0. The average molecular weight is 285 g/mol. The second-order valence-electron chi connectivity index (χ2n) is 2.92. The Morgan fingerprint density at radius 3 is 1.92 bits per heavy atom. The second kappa shape index (κ2) is 3.39. The van der Waals surface area contributed by atoms with Gasteiger partial charge in [0.1, 0.15) is 0 Å². The summed E-state index contributed by atoms with van der Waals surface area (Å²) in [5.74, 6) is 0. The monoisotopic (exact) mass is 284 g/mol. The molecule has 0 aliphatic rings. The maximum atomic E-state index is 5.94. The molecule has 1 aromatic heterocycles. The topological polar surface area (TPSA) is 9.86 Å². The molecule has 0 amide bonds. The molecule has 1 heterocycles. The Morgan fingerprint density at radius 1 is 1.08 bits per heavy atom. The molecule has 0 saturated carbocycles.